The van der Waals surface area contributed by atoms with Crippen LogP contribution in [0.1, 0.15) is 29.2 Å². The van der Waals surface area contributed by atoms with Crippen LogP contribution in [-0.4, -0.2) is 33.9 Å². The summed E-state index contributed by atoms with van der Waals surface area (Å²) in [5.74, 6) is 1.12. The summed E-state index contributed by atoms with van der Waals surface area (Å²) in [4.78, 5) is 22.2. The highest BCUT2D eigenvalue weighted by Gasteiger charge is 2.28. The summed E-state index contributed by atoms with van der Waals surface area (Å²) in [6.07, 6.45) is 5.30. The fourth-order valence-corrected chi connectivity index (χ4v) is 5.91. The van der Waals surface area contributed by atoms with E-state index < -0.39 is 0 Å². The van der Waals surface area contributed by atoms with E-state index in [1.807, 2.05) is 50.4 Å². The van der Waals surface area contributed by atoms with E-state index in [4.69, 9.17) is 21.3 Å². The van der Waals surface area contributed by atoms with Crippen LogP contribution in [-0.2, 0) is 13.5 Å². The van der Waals surface area contributed by atoms with Crippen molar-refractivity contribution in [1.29, 1.82) is 0 Å². The minimum Gasteiger partial charge on any atom is -0.481 e. The fraction of sp³-hybridized carbons (Fsp3) is 0.226. The van der Waals surface area contributed by atoms with Crippen LogP contribution >= 0.6 is 11.6 Å². The third kappa shape index (κ3) is 4.29. The number of nitrogens with zero attached hydrogens (tertiary/aromatic N) is 4. The van der Waals surface area contributed by atoms with Gasteiger partial charge in [-0.15, -0.1) is 0 Å². The third-order valence-electron chi connectivity index (χ3n) is 7.71. The molecule has 2 aromatic carbocycles. The first-order valence-corrected chi connectivity index (χ1v) is 13.5. The molecule has 0 bridgehead atoms. The van der Waals surface area contributed by atoms with Crippen LogP contribution in [0.2, 0.25) is 5.02 Å². The number of aromatic nitrogens is 4. The summed E-state index contributed by atoms with van der Waals surface area (Å²) in [5.41, 5.74) is 7.44. The van der Waals surface area contributed by atoms with Gasteiger partial charge in [0.05, 0.1) is 29.4 Å². The van der Waals surface area contributed by atoms with E-state index in [0.29, 0.717) is 22.1 Å². The SMILES string of the molecule is CNC1CCc2cc(-c3cccc(-c4cccc(Nc5nccc6cnn(C)c(=O)c56)c4C)c3Cl)nc(OC)c21. The number of methoxy groups -OCH3 is 1. The number of ether oxygens (including phenoxy) is 1. The number of hydrogen-bond acceptors (Lipinski definition) is 7. The number of hydrogen-bond donors (Lipinski definition) is 2. The molecule has 6 rings (SSSR count). The summed E-state index contributed by atoms with van der Waals surface area (Å²) in [5, 5.41) is 12.7. The van der Waals surface area contributed by atoms with Crippen LogP contribution in [0.3, 0.4) is 0 Å². The third-order valence-corrected chi connectivity index (χ3v) is 8.12. The molecule has 40 heavy (non-hydrogen) atoms. The molecule has 5 aromatic rings. The number of benzene rings is 2. The molecule has 0 aliphatic heterocycles. The average molecular weight is 553 g/mol. The molecule has 9 heteroatoms. The molecule has 0 saturated carbocycles. The molecule has 202 valence electrons. The van der Waals surface area contributed by atoms with Crippen molar-refractivity contribution in [1.82, 2.24) is 25.1 Å². The van der Waals surface area contributed by atoms with Gasteiger partial charge in [-0.25, -0.2) is 14.6 Å². The Morgan fingerprint density at radius 1 is 1.10 bits per heavy atom. The van der Waals surface area contributed by atoms with Crippen molar-refractivity contribution in [3.05, 3.63) is 93.0 Å². The number of aryl methyl sites for hydroxylation is 2. The lowest BCUT2D eigenvalue weighted by molar-refractivity contribution is 0.387. The van der Waals surface area contributed by atoms with E-state index in [-0.39, 0.29) is 11.6 Å². The van der Waals surface area contributed by atoms with Gasteiger partial charge in [-0.05, 0) is 61.7 Å². The standard InChI is InChI=1S/C31H29ClN6O2/c1-17-20(7-6-10-23(17)36-29-27-19(13-14-34-29)16-35-38(3)31(27)39)21-8-5-9-22(28(21)32)25-15-18-11-12-24(33-2)26(18)30(37-25)40-4/h5-10,13-16,24,33H,11-12H2,1-4H3,(H,34,36). The first kappa shape index (κ1) is 26.0. The molecule has 2 N–H and O–H groups in total. The summed E-state index contributed by atoms with van der Waals surface area (Å²) in [6.45, 7) is 2.03. The molecule has 3 heterocycles. The lowest BCUT2D eigenvalue weighted by Crippen LogP contribution is -2.20. The molecular formula is C31H29ClN6O2. The van der Waals surface area contributed by atoms with Crippen LogP contribution in [0, 0.1) is 6.92 Å². The molecule has 0 amide bonds. The van der Waals surface area contributed by atoms with Gasteiger partial charge in [0.1, 0.15) is 5.82 Å². The maximum absolute atomic E-state index is 12.9. The van der Waals surface area contributed by atoms with E-state index in [9.17, 15) is 4.79 Å². The van der Waals surface area contributed by atoms with Crippen LogP contribution < -0.4 is 20.9 Å². The van der Waals surface area contributed by atoms with Gasteiger partial charge >= 0.3 is 0 Å². The van der Waals surface area contributed by atoms with Gasteiger partial charge in [0.15, 0.2) is 0 Å². The van der Waals surface area contributed by atoms with Gasteiger partial charge in [0.25, 0.3) is 5.56 Å². The lowest BCUT2D eigenvalue weighted by atomic mass is 9.96. The van der Waals surface area contributed by atoms with Gasteiger partial charge < -0.3 is 15.4 Å². The van der Waals surface area contributed by atoms with E-state index in [1.54, 1.807) is 32.6 Å². The van der Waals surface area contributed by atoms with Gasteiger partial charge in [-0.3, -0.25) is 4.79 Å². The summed E-state index contributed by atoms with van der Waals surface area (Å²) >= 11 is 7.10. The Hall–Kier alpha value is -4.27. The highest BCUT2D eigenvalue weighted by atomic mass is 35.5. The van der Waals surface area contributed by atoms with E-state index in [1.165, 1.54) is 10.2 Å². The largest absolute Gasteiger partial charge is 0.481 e. The molecule has 8 nitrogen and oxygen atoms in total. The fourth-order valence-electron chi connectivity index (χ4n) is 5.58. The zero-order valence-electron chi connectivity index (χ0n) is 22.7. The second-order valence-corrected chi connectivity index (χ2v) is 10.3. The number of nitrogens with one attached hydrogen (secondary N) is 2. The topological polar surface area (TPSA) is 94.0 Å². The second-order valence-electron chi connectivity index (χ2n) is 9.94. The molecule has 1 aliphatic carbocycles. The van der Waals surface area contributed by atoms with E-state index in [0.717, 1.165) is 57.4 Å². The van der Waals surface area contributed by atoms with Crippen molar-refractivity contribution in [2.45, 2.75) is 25.8 Å². The highest BCUT2D eigenvalue weighted by molar-refractivity contribution is 6.36. The summed E-state index contributed by atoms with van der Waals surface area (Å²) < 4.78 is 7.02. The molecule has 3 aromatic heterocycles. The Balaban J connectivity index is 1.42. The van der Waals surface area contributed by atoms with Crippen molar-refractivity contribution in [2.75, 3.05) is 19.5 Å². The number of fused-ring (bicyclic) bond motifs is 2. The van der Waals surface area contributed by atoms with Gasteiger partial charge in [0, 0.05) is 47.1 Å². The van der Waals surface area contributed by atoms with Gasteiger partial charge in [-0.2, -0.15) is 5.10 Å². The molecular weight excluding hydrogens is 524 g/mol. The van der Waals surface area contributed by atoms with Gasteiger partial charge in [-0.1, -0.05) is 41.9 Å². The lowest BCUT2D eigenvalue weighted by Gasteiger charge is -2.17. The predicted octanol–water partition coefficient (Wildman–Crippen LogP) is 5.98. The smallest absolute Gasteiger partial charge is 0.278 e. The molecule has 1 atom stereocenters. The Bertz CT molecular complexity index is 1830. The van der Waals surface area contributed by atoms with E-state index >= 15 is 0 Å². The van der Waals surface area contributed by atoms with Gasteiger partial charge in [0.2, 0.25) is 5.88 Å². The predicted molar refractivity (Wildman–Crippen MR) is 160 cm³/mol. The molecule has 1 aliphatic rings. The zero-order valence-corrected chi connectivity index (χ0v) is 23.5. The van der Waals surface area contributed by atoms with Crippen molar-refractivity contribution >= 4 is 33.9 Å². The average Bonchev–Trinajstić information content (AvgIpc) is 3.39. The first-order chi connectivity index (χ1) is 19.4. The Kier molecular flexibility index (Phi) is 6.73. The summed E-state index contributed by atoms with van der Waals surface area (Å²) in [7, 11) is 5.25. The molecule has 0 saturated heterocycles. The maximum Gasteiger partial charge on any atom is 0.278 e. The monoisotopic (exact) mass is 552 g/mol. The van der Waals surface area contributed by atoms with E-state index in [2.05, 4.69) is 26.8 Å². The summed E-state index contributed by atoms with van der Waals surface area (Å²) in [6, 6.07) is 16.1. The molecule has 0 spiro atoms. The van der Waals surface area contributed by atoms with Crippen molar-refractivity contribution in [2.24, 2.45) is 7.05 Å². The molecule has 1 unspecified atom stereocenters. The zero-order chi connectivity index (χ0) is 28.0. The minimum absolute atomic E-state index is 0.212. The number of halogens is 1. The maximum atomic E-state index is 12.9. The number of pyridine rings is 2. The quantitative estimate of drug-likeness (QED) is 0.268. The minimum atomic E-state index is -0.212. The van der Waals surface area contributed by atoms with Crippen LogP contribution in [0.25, 0.3) is 33.2 Å². The van der Waals surface area contributed by atoms with Crippen molar-refractivity contribution in [3.8, 4) is 28.3 Å². The van der Waals surface area contributed by atoms with Crippen LogP contribution in [0.15, 0.2) is 65.7 Å². The number of anilines is 2. The van der Waals surface area contributed by atoms with Crippen molar-refractivity contribution in [3.63, 3.8) is 0 Å². The number of rotatable bonds is 6. The Morgan fingerprint density at radius 3 is 2.67 bits per heavy atom. The Morgan fingerprint density at radius 2 is 1.88 bits per heavy atom. The van der Waals surface area contributed by atoms with Crippen LogP contribution in [0.5, 0.6) is 5.88 Å². The molecule has 0 fully saturated rings. The van der Waals surface area contributed by atoms with Crippen LogP contribution in [0.4, 0.5) is 11.5 Å². The second kappa shape index (κ2) is 10.4. The highest BCUT2D eigenvalue weighted by Crippen LogP contribution is 2.43. The molecule has 0 radical (unpaired) electrons. The Labute approximate surface area is 237 Å². The first-order valence-electron chi connectivity index (χ1n) is 13.1. The van der Waals surface area contributed by atoms with Crippen molar-refractivity contribution < 1.29 is 4.74 Å². The normalized spacial score (nSPS) is 14.4.